The van der Waals surface area contributed by atoms with E-state index in [2.05, 4.69) is 22.1 Å². The molecule has 1 atom stereocenters. The highest BCUT2D eigenvalue weighted by Gasteiger charge is 2.47. The maximum Gasteiger partial charge on any atom is 0.257 e. The second-order valence-electron chi connectivity index (χ2n) is 8.68. The molecule has 0 saturated carbocycles. The molecule has 162 valence electrons. The highest BCUT2D eigenvalue weighted by atomic mass is 32.2. The quantitative estimate of drug-likeness (QED) is 0.619. The molecule has 2 aromatic carbocycles. The summed E-state index contributed by atoms with van der Waals surface area (Å²) in [6.07, 6.45) is 2.59. The van der Waals surface area contributed by atoms with Gasteiger partial charge in [-0.15, -0.1) is 0 Å². The van der Waals surface area contributed by atoms with E-state index in [0.29, 0.717) is 29.7 Å². The first-order chi connectivity index (χ1) is 15.0. The Morgan fingerprint density at radius 1 is 1.00 bits per heavy atom. The average Bonchev–Trinajstić information content (AvgIpc) is 3.40. The van der Waals surface area contributed by atoms with E-state index in [1.807, 2.05) is 36.4 Å². The molecule has 0 N–H and O–H groups in total. The molecule has 2 aliphatic heterocycles. The number of nitrogens with zero attached hydrogens (tertiary/aromatic N) is 4. The second kappa shape index (κ2) is 7.85. The molecule has 0 aliphatic carbocycles. The molecule has 1 spiro atoms. The minimum atomic E-state index is -3.43. The fraction of sp³-hybridized carbons (Fsp3) is 0.391. The molecule has 2 fully saturated rings. The molecule has 1 aromatic heterocycles. The summed E-state index contributed by atoms with van der Waals surface area (Å²) in [6, 6.07) is 18.6. The van der Waals surface area contributed by atoms with E-state index in [4.69, 9.17) is 4.52 Å². The van der Waals surface area contributed by atoms with Gasteiger partial charge in [0.05, 0.1) is 10.9 Å². The summed E-state index contributed by atoms with van der Waals surface area (Å²) in [5.41, 5.74) is 0.992. The fourth-order valence-corrected chi connectivity index (χ4v) is 6.39. The van der Waals surface area contributed by atoms with Gasteiger partial charge in [0, 0.05) is 25.2 Å². The van der Waals surface area contributed by atoms with Crippen molar-refractivity contribution in [2.75, 3.05) is 26.7 Å². The molecule has 0 bridgehead atoms. The van der Waals surface area contributed by atoms with Crippen molar-refractivity contribution < 1.29 is 12.9 Å². The van der Waals surface area contributed by atoms with Crippen molar-refractivity contribution in [1.29, 1.82) is 0 Å². The van der Waals surface area contributed by atoms with Crippen LogP contribution in [0.1, 0.15) is 31.1 Å². The highest BCUT2D eigenvalue weighted by molar-refractivity contribution is 7.89. The van der Waals surface area contributed by atoms with Crippen LogP contribution in [0.2, 0.25) is 0 Å². The molecule has 31 heavy (non-hydrogen) atoms. The van der Waals surface area contributed by atoms with E-state index in [1.54, 1.807) is 28.6 Å². The molecule has 7 nitrogen and oxygen atoms in total. The largest absolute Gasteiger partial charge is 0.334 e. The number of piperidine rings is 1. The smallest absolute Gasteiger partial charge is 0.257 e. The SMILES string of the molecule is CN1CC2(CCN(S(=O)(=O)c3ccccc3)CC2)CC1c1noc(-c2ccccc2)n1. The molecule has 3 aromatic rings. The summed E-state index contributed by atoms with van der Waals surface area (Å²) in [5.74, 6) is 1.24. The summed E-state index contributed by atoms with van der Waals surface area (Å²) in [4.78, 5) is 7.31. The zero-order valence-electron chi connectivity index (χ0n) is 17.5. The lowest BCUT2D eigenvalue weighted by Gasteiger charge is -2.38. The predicted octanol–water partition coefficient (Wildman–Crippen LogP) is 3.58. The number of likely N-dealkylation sites (tertiary alicyclic amines) is 1. The molecule has 5 rings (SSSR count). The first-order valence-corrected chi connectivity index (χ1v) is 12.1. The van der Waals surface area contributed by atoms with Crippen molar-refractivity contribution in [3.63, 3.8) is 0 Å². The van der Waals surface area contributed by atoms with Crippen LogP contribution in [0, 0.1) is 5.41 Å². The van der Waals surface area contributed by atoms with Gasteiger partial charge < -0.3 is 4.52 Å². The molecule has 0 radical (unpaired) electrons. The lowest BCUT2D eigenvalue weighted by molar-refractivity contribution is 0.161. The fourth-order valence-electron chi connectivity index (χ4n) is 4.93. The summed E-state index contributed by atoms with van der Waals surface area (Å²) in [7, 11) is -1.35. The van der Waals surface area contributed by atoms with Crippen LogP contribution < -0.4 is 0 Å². The highest BCUT2D eigenvalue weighted by Crippen LogP contribution is 2.48. The molecule has 0 amide bonds. The van der Waals surface area contributed by atoms with E-state index >= 15 is 0 Å². The number of hydrogen-bond donors (Lipinski definition) is 0. The van der Waals surface area contributed by atoms with Gasteiger partial charge in [0.15, 0.2) is 5.82 Å². The van der Waals surface area contributed by atoms with E-state index in [0.717, 1.165) is 31.4 Å². The van der Waals surface area contributed by atoms with E-state index < -0.39 is 10.0 Å². The Labute approximate surface area is 182 Å². The number of aromatic nitrogens is 2. The lowest BCUT2D eigenvalue weighted by Crippen LogP contribution is -2.44. The molecular formula is C23H26N4O3S. The molecule has 2 aliphatic rings. The third-order valence-corrected chi connectivity index (χ3v) is 8.58. The van der Waals surface area contributed by atoms with Crippen LogP contribution in [-0.2, 0) is 10.0 Å². The van der Waals surface area contributed by atoms with Crippen LogP contribution in [0.25, 0.3) is 11.5 Å². The van der Waals surface area contributed by atoms with Gasteiger partial charge in [-0.3, -0.25) is 4.90 Å². The van der Waals surface area contributed by atoms with Gasteiger partial charge in [0.2, 0.25) is 10.0 Å². The van der Waals surface area contributed by atoms with Gasteiger partial charge >= 0.3 is 0 Å². The predicted molar refractivity (Wildman–Crippen MR) is 117 cm³/mol. The van der Waals surface area contributed by atoms with Gasteiger partial charge in [0.25, 0.3) is 5.89 Å². The molecular weight excluding hydrogens is 412 g/mol. The minimum absolute atomic E-state index is 0.0790. The zero-order valence-corrected chi connectivity index (χ0v) is 18.3. The van der Waals surface area contributed by atoms with Crippen LogP contribution in [0.5, 0.6) is 0 Å². The molecule has 1 unspecified atom stereocenters. The van der Waals surface area contributed by atoms with Crippen molar-refractivity contribution in [3.05, 3.63) is 66.5 Å². The normalized spacial score (nSPS) is 22.2. The van der Waals surface area contributed by atoms with Crippen LogP contribution >= 0.6 is 0 Å². The van der Waals surface area contributed by atoms with Crippen molar-refractivity contribution in [1.82, 2.24) is 19.3 Å². The number of hydrogen-bond acceptors (Lipinski definition) is 6. The summed E-state index contributed by atoms with van der Waals surface area (Å²) >= 11 is 0. The van der Waals surface area contributed by atoms with Gasteiger partial charge in [-0.25, -0.2) is 8.42 Å². The minimum Gasteiger partial charge on any atom is -0.334 e. The summed E-state index contributed by atoms with van der Waals surface area (Å²) < 4.78 is 33.1. The Hall–Kier alpha value is -2.55. The molecule has 2 saturated heterocycles. The van der Waals surface area contributed by atoms with Crippen molar-refractivity contribution in [2.24, 2.45) is 5.41 Å². The standard InChI is InChI=1S/C23H26N4O3S/c1-26-17-23(12-14-27(15-13-23)31(28,29)19-10-6-3-7-11-19)16-20(26)21-24-22(30-25-21)18-8-4-2-5-9-18/h2-11,20H,12-17H2,1H3. The van der Waals surface area contributed by atoms with E-state index in [-0.39, 0.29) is 11.5 Å². The Morgan fingerprint density at radius 2 is 1.65 bits per heavy atom. The summed E-state index contributed by atoms with van der Waals surface area (Å²) in [6.45, 7) is 1.99. The van der Waals surface area contributed by atoms with E-state index in [9.17, 15) is 8.42 Å². The first-order valence-electron chi connectivity index (χ1n) is 10.6. The number of benzene rings is 2. The number of sulfonamides is 1. The van der Waals surface area contributed by atoms with Crippen LogP contribution in [0.4, 0.5) is 0 Å². The third-order valence-electron chi connectivity index (χ3n) is 6.67. The third kappa shape index (κ3) is 3.79. The second-order valence-corrected chi connectivity index (χ2v) is 10.6. The van der Waals surface area contributed by atoms with Crippen LogP contribution in [0.3, 0.4) is 0 Å². The zero-order chi connectivity index (χ0) is 21.5. The topological polar surface area (TPSA) is 79.5 Å². The number of rotatable bonds is 4. The van der Waals surface area contributed by atoms with Crippen molar-refractivity contribution in [3.8, 4) is 11.5 Å². The Balaban J connectivity index is 1.29. The monoisotopic (exact) mass is 438 g/mol. The van der Waals surface area contributed by atoms with Gasteiger partial charge in [-0.2, -0.15) is 9.29 Å². The van der Waals surface area contributed by atoms with Crippen LogP contribution in [-0.4, -0.2) is 54.4 Å². The summed E-state index contributed by atoms with van der Waals surface area (Å²) in [5, 5.41) is 4.26. The van der Waals surface area contributed by atoms with Crippen molar-refractivity contribution >= 4 is 10.0 Å². The van der Waals surface area contributed by atoms with E-state index in [1.165, 1.54) is 0 Å². The maximum atomic E-state index is 13.0. The lowest BCUT2D eigenvalue weighted by atomic mass is 9.77. The van der Waals surface area contributed by atoms with Gasteiger partial charge in [-0.1, -0.05) is 41.6 Å². The molecule has 3 heterocycles. The maximum absolute atomic E-state index is 13.0. The van der Waals surface area contributed by atoms with Crippen LogP contribution in [0.15, 0.2) is 70.1 Å². The Morgan fingerprint density at radius 3 is 2.32 bits per heavy atom. The Bertz CT molecular complexity index is 1140. The van der Waals surface area contributed by atoms with Crippen molar-refractivity contribution in [2.45, 2.75) is 30.2 Å². The Kier molecular flexibility index (Phi) is 5.16. The van der Waals surface area contributed by atoms with Gasteiger partial charge in [-0.05, 0) is 56.0 Å². The molecule has 8 heteroatoms. The average molecular weight is 439 g/mol. The van der Waals surface area contributed by atoms with Gasteiger partial charge in [0.1, 0.15) is 0 Å². The first kappa shape index (κ1) is 20.4.